The highest BCUT2D eigenvalue weighted by Gasteiger charge is 2.29. The van der Waals surface area contributed by atoms with E-state index in [1.165, 1.54) is 0 Å². The van der Waals surface area contributed by atoms with Crippen molar-refractivity contribution in [3.05, 3.63) is 24.7 Å². The van der Waals surface area contributed by atoms with Crippen LogP contribution >= 0.6 is 0 Å². The SMILES string of the molecule is NCCO.O=C(O)C(O)C(O)C(=O)O.c1ccoc1. The van der Waals surface area contributed by atoms with Crippen molar-refractivity contribution < 1.29 is 39.5 Å². The Bertz CT molecular complexity index is 289. The summed E-state index contributed by atoms with van der Waals surface area (Å²) < 4.78 is 4.58. The van der Waals surface area contributed by atoms with Crippen LogP contribution in [0.3, 0.4) is 0 Å². The van der Waals surface area contributed by atoms with E-state index in [-0.39, 0.29) is 6.61 Å². The van der Waals surface area contributed by atoms with Gasteiger partial charge in [-0.15, -0.1) is 0 Å². The first kappa shape index (κ1) is 19.4. The monoisotopic (exact) mass is 279 g/mol. The Morgan fingerprint density at radius 3 is 1.47 bits per heavy atom. The molecule has 1 aromatic rings. The zero-order chi connectivity index (χ0) is 15.3. The minimum absolute atomic E-state index is 0.0972. The molecule has 0 fully saturated rings. The van der Waals surface area contributed by atoms with Gasteiger partial charge in [0.2, 0.25) is 0 Å². The van der Waals surface area contributed by atoms with Gasteiger partial charge in [-0.05, 0) is 12.1 Å². The number of aliphatic carboxylic acids is 2. The van der Waals surface area contributed by atoms with Gasteiger partial charge in [-0.1, -0.05) is 0 Å². The zero-order valence-corrected chi connectivity index (χ0v) is 9.92. The van der Waals surface area contributed by atoms with Gasteiger partial charge >= 0.3 is 11.9 Å². The summed E-state index contributed by atoms with van der Waals surface area (Å²) in [6.45, 7) is 0.472. The van der Waals surface area contributed by atoms with Crippen LogP contribution in [-0.4, -0.2) is 62.8 Å². The average molecular weight is 279 g/mol. The van der Waals surface area contributed by atoms with Crippen LogP contribution in [0.15, 0.2) is 29.1 Å². The lowest BCUT2D eigenvalue weighted by Crippen LogP contribution is -2.39. The fourth-order valence-electron chi connectivity index (χ4n) is 0.497. The molecule has 1 aromatic heterocycles. The molecular formula is C10H17NO8. The Morgan fingerprint density at radius 1 is 1.05 bits per heavy atom. The van der Waals surface area contributed by atoms with E-state index in [0.29, 0.717) is 6.54 Å². The Kier molecular flexibility index (Phi) is 12.8. The highest BCUT2D eigenvalue weighted by molar-refractivity contribution is 5.83. The summed E-state index contributed by atoms with van der Waals surface area (Å²) in [4.78, 5) is 19.5. The van der Waals surface area contributed by atoms with Crippen LogP contribution in [0.1, 0.15) is 0 Å². The summed E-state index contributed by atoms with van der Waals surface area (Å²) >= 11 is 0. The third-order valence-corrected chi connectivity index (χ3v) is 1.36. The molecule has 0 radical (unpaired) electrons. The van der Waals surface area contributed by atoms with Crippen molar-refractivity contribution in [2.24, 2.45) is 5.73 Å². The second-order valence-electron chi connectivity index (χ2n) is 2.87. The maximum Gasteiger partial charge on any atom is 0.335 e. The van der Waals surface area contributed by atoms with Crippen molar-refractivity contribution in [2.45, 2.75) is 12.2 Å². The third-order valence-electron chi connectivity index (χ3n) is 1.36. The van der Waals surface area contributed by atoms with E-state index in [9.17, 15) is 9.59 Å². The molecule has 0 bridgehead atoms. The molecular weight excluding hydrogens is 262 g/mol. The Morgan fingerprint density at radius 2 is 1.37 bits per heavy atom. The number of furan rings is 1. The summed E-state index contributed by atoms with van der Waals surface area (Å²) in [6.07, 6.45) is -1.28. The van der Waals surface area contributed by atoms with Gasteiger partial charge < -0.3 is 35.7 Å². The number of carboxylic acid groups (broad SMARTS) is 2. The van der Waals surface area contributed by atoms with Gasteiger partial charge in [0.25, 0.3) is 0 Å². The van der Waals surface area contributed by atoms with Crippen molar-refractivity contribution in [2.75, 3.05) is 13.2 Å². The first-order valence-electron chi connectivity index (χ1n) is 4.98. The van der Waals surface area contributed by atoms with Crippen molar-refractivity contribution in [1.82, 2.24) is 0 Å². The minimum atomic E-state index is -2.27. The topological polar surface area (TPSA) is 174 Å². The number of aliphatic hydroxyl groups is 3. The second-order valence-corrected chi connectivity index (χ2v) is 2.87. The van der Waals surface area contributed by atoms with Crippen molar-refractivity contribution >= 4 is 11.9 Å². The van der Waals surface area contributed by atoms with Crippen LogP contribution in [0.25, 0.3) is 0 Å². The van der Waals surface area contributed by atoms with Crippen LogP contribution in [0.5, 0.6) is 0 Å². The Labute approximate surface area is 108 Å². The number of hydrogen-bond acceptors (Lipinski definition) is 7. The van der Waals surface area contributed by atoms with E-state index in [0.717, 1.165) is 0 Å². The van der Waals surface area contributed by atoms with Gasteiger partial charge in [0.15, 0.2) is 12.2 Å². The number of aliphatic hydroxyl groups excluding tert-OH is 3. The number of carbonyl (C=O) groups is 2. The second kappa shape index (κ2) is 12.5. The first-order valence-corrected chi connectivity index (χ1v) is 4.98. The van der Waals surface area contributed by atoms with Gasteiger partial charge in [-0.2, -0.15) is 0 Å². The minimum Gasteiger partial charge on any atom is -0.479 e. The molecule has 1 heterocycles. The van der Waals surface area contributed by atoms with Crippen LogP contribution < -0.4 is 5.73 Å². The molecule has 0 aliphatic carbocycles. The average Bonchev–Trinajstić information content (AvgIpc) is 2.96. The van der Waals surface area contributed by atoms with Gasteiger partial charge in [0, 0.05) is 6.54 Å². The predicted molar refractivity (Wildman–Crippen MR) is 62.1 cm³/mol. The molecule has 0 saturated carbocycles. The van der Waals surface area contributed by atoms with Gasteiger partial charge in [0.05, 0.1) is 19.1 Å². The van der Waals surface area contributed by atoms with E-state index >= 15 is 0 Å². The van der Waals surface area contributed by atoms with E-state index < -0.39 is 24.1 Å². The summed E-state index contributed by atoms with van der Waals surface area (Å²) in [5, 5.41) is 40.3. The van der Waals surface area contributed by atoms with E-state index in [1.807, 2.05) is 12.1 Å². The van der Waals surface area contributed by atoms with Crippen LogP contribution in [-0.2, 0) is 9.59 Å². The predicted octanol–water partition coefficient (Wildman–Crippen LogP) is -1.91. The van der Waals surface area contributed by atoms with E-state index in [1.54, 1.807) is 12.5 Å². The van der Waals surface area contributed by atoms with Crippen molar-refractivity contribution in [1.29, 1.82) is 0 Å². The van der Waals surface area contributed by atoms with Gasteiger partial charge in [0.1, 0.15) is 0 Å². The standard InChI is InChI=1S/C4H6O6.C4H4O.C2H7NO/c5-1(3(7)8)2(6)4(9)10;1-2-4-5-3-1;3-1-2-4/h1-2,5-6H,(H,7,8)(H,9,10);1-4H;4H,1-3H2. The number of rotatable bonds is 4. The summed E-state index contributed by atoms with van der Waals surface area (Å²) in [5.41, 5.74) is 4.78. The highest BCUT2D eigenvalue weighted by Crippen LogP contribution is 1.92. The number of hydrogen-bond donors (Lipinski definition) is 6. The molecule has 0 saturated heterocycles. The van der Waals surface area contributed by atoms with Crippen LogP contribution in [0.4, 0.5) is 0 Å². The van der Waals surface area contributed by atoms with Crippen molar-refractivity contribution in [3.8, 4) is 0 Å². The smallest absolute Gasteiger partial charge is 0.335 e. The lowest BCUT2D eigenvalue weighted by molar-refractivity contribution is -0.165. The molecule has 0 aliphatic heterocycles. The normalized spacial score (nSPS) is 12.0. The van der Waals surface area contributed by atoms with Gasteiger partial charge in [-0.25, -0.2) is 9.59 Å². The molecule has 2 atom stereocenters. The zero-order valence-electron chi connectivity index (χ0n) is 9.92. The molecule has 110 valence electrons. The maximum absolute atomic E-state index is 9.77. The molecule has 9 heteroatoms. The molecule has 19 heavy (non-hydrogen) atoms. The fraction of sp³-hybridized carbons (Fsp3) is 0.400. The molecule has 0 spiro atoms. The highest BCUT2D eigenvalue weighted by atomic mass is 16.4. The quantitative estimate of drug-likeness (QED) is 0.367. The molecule has 2 unspecified atom stereocenters. The Hall–Kier alpha value is -1.94. The summed E-state index contributed by atoms with van der Waals surface area (Å²) in [6, 6.07) is 3.67. The fourth-order valence-corrected chi connectivity index (χ4v) is 0.497. The van der Waals surface area contributed by atoms with Crippen LogP contribution in [0, 0.1) is 0 Å². The van der Waals surface area contributed by atoms with E-state index in [2.05, 4.69) is 4.42 Å². The largest absolute Gasteiger partial charge is 0.479 e. The van der Waals surface area contributed by atoms with E-state index in [4.69, 9.17) is 31.3 Å². The molecule has 0 aliphatic rings. The molecule has 7 N–H and O–H groups in total. The maximum atomic E-state index is 9.77. The number of carboxylic acids is 2. The Balaban J connectivity index is 0. The molecule has 0 amide bonds. The number of nitrogens with two attached hydrogens (primary N) is 1. The summed E-state index contributed by atoms with van der Waals surface area (Å²) in [7, 11) is 0. The molecule has 9 nitrogen and oxygen atoms in total. The van der Waals surface area contributed by atoms with Gasteiger partial charge in [-0.3, -0.25) is 0 Å². The first-order chi connectivity index (χ1) is 8.88. The lowest BCUT2D eigenvalue weighted by atomic mass is 10.2. The molecule has 0 aromatic carbocycles. The lowest BCUT2D eigenvalue weighted by Gasteiger charge is -2.07. The van der Waals surface area contributed by atoms with Crippen LogP contribution in [0.2, 0.25) is 0 Å². The molecule has 1 rings (SSSR count). The third kappa shape index (κ3) is 12.3. The summed E-state index contributed by atoms with van der Waals surface area (Å²) in [5.74, 6) is -3.54. The van der Waals surface area contributed by atoms with Crippen molar-refractivity contribution in [3.63, 3.8) is 0 Å².